The van der Waals surface area contributed by atoms with Crippen molar-refractivity contribution < 1.29 is 10.2 Å². The first kappa shape index (κ1) is 23.3. The van der Waals surface area contributed by atoms with Crippen LogP contribution in [0.3, 0.4) is 0 Å². The van der Waals surface area contributed by atoms with Crippen LogP contribution in [0, 0.1) is 0 Å². The summed E-state index contributed by atoms with van der Waals surface area (Å²) in [5, 5.41) is 22.2. The number of rotatable bonds is 4. The highest BCUT2D eigenvalue weighted by molar-refractivity contribution is 5.54. The minimum absolute atomic E-state index is 0.151. The highest BCUT2D eigenvalue weighted by atomic mass is 16.3. The number of phenols is 2. The molecule has 2 aromatic carbocycles. The van der Waals surface area contributed by atoms with Gasteiger partial charge in [-0.25, -0.2) is 0 Å². The summed E-state index contributed by atoms with van der Waals surface area (Å²) < 4.78 is 0. The molecule has 0 bridgehead atoms. The van der Waals surface area contributed by atoms with Gasteiger partial charge in [-0.3, -0.25) is 0 Å². The van der Waals surface area contributed by atoms with E-state index in [-0.39, 0.29) is 10.8 Å². The molecule has 0 aliphatic heterocycles. The lowest BCUT2D eigenvalue weighted by atomic mass is 9.80. The van der Waals surface area contributed by atoms with Gasteiger partial charge < -0.3 is 10.2 Å². The lowest BCUT2D eigenvalue weighted by Gasteiger charge is -2.26. The lowest BCUT2D eigenvalue weighted by Crippen LogP contribution is -2.14. The molecule has 2 nitrogen and oxygen atoms in total. The van der Waals surface area contributed by atoms with E-state index in [9.17, 15) is 10.2 Å². The average Bonchev–Trinajstić information content (AvgIpc) is 2.55. The second kappa shape index (κ2) is 8.05. The number of hydrogen-bond donors (Lipinski definition) is 2. The molecule has 0 aliphatic carbocycles. The highest BCUT2D eigenvalue weighted by Gasteiger charge is 2.25. The van der Waals surface area contributed by atoms with Crippen molar-refractivity contribution >= 4 is 0 Å². The Labute approximate surface area is 178 Å². The Morgan fingerprint density at radius 1 is 0.621 bits per heavy atom. The van der Waals surface area contributed by atoms with Crippen molar-refractivity contribution in [2.24, 2.45) is 0 Å². The molecule has 2 N–H and O–H groups in total. The molecule has 29 heavy (non-hydrogen) atoms. The molecule has 0 fully saturated rings. The number of benzene rings is 2. The number of phenolic OH excluding ortho intramolecular Hbond substituents is 2. The fourth-order valence-electron chi connectivity index (χ4n) is 3.72. The summed E-state index contributed by atoms with van der Waals surface area (Å²) in [6, 6.07) is 8.48. The third-order valence-electron chi connectivity index (χ3n) is 5.75. The van der Waals surface area contributed by atoms with Crippen LogP contribution in [-0.4, -0.2) is 10.2 Å². The van der Waals surface area contributed by atoms with Crippen molar-refractivity contribution in [3.63, 3.8) is 0 Å². The van der Waals surface area contributed by atoms with Crippen molar-refractivity contribution in [1.29, 1.82) is 0 Å². The predicted octanol–water partition coefficient (Wildman–Crippen LogP) is 7.53. The fourth-order valence-corrected chi connectivity index (χ4v) is 3.72. The topological polar surface area (TPSA) is 40.5 Å². The van der Waals surface area contributed by atoms with Crippen LogP contribution in [-0.2, 0) is 17.3 Å². The monoisotopic (exact) mass is 396 g/mol. The van der Waals surface area contributed by atoms with Crippen molar-refractivity contribution in [3.05, 3.63) is 57.6 Å². The van der Waals surface area contributed by atoms with E-state index >= 15 is 0 Å². The second-order valence-corrected chi connectivity index (χ2v) is 11.1. The van der Waals surface area contributed by atoms with Gasteiger partial charge >= 0.3 is 0 Å². The van der Waals surface area contributed by atoms with Gasteiger partial charge in [0.05, 0.1) is 0 Å². The van der Waals surface area contributed by atoms with E-state index in [2.05, 4.69) is 93.5 Å². The molecule has 0 atom stereocenters. The molecule has 0 unspecified atom stereocenters. The van der Waals surface area contributed by atoms with Crippen molar-refractivity contribution in [2.75, 3.05) is 0 Å². The SMILES string of the molecule is CC(C)c1cc(Cc2cc(C(C)C)cc(C(C)(C)C)c2O)c(O)c(C(C)(C)C)c1. The van der Waals surface area contributed by atoms with Gasteiger partial charge in [-0.2, -0.15) is 0 Å². The minimum Gasteiger partial charge on any atom is -0.507 e. The summed E-state index contributed by atoms with van der Waals surface area (Å²) in [4.78, 5) is 0. The van der Waals surface area contributed by atoms with Crippen LogP contribution in [0.5, 0.6) is 11.5 Å². The zero-order valence-electron chi connectivity index (χ0n) is 20.1. The molecule has 0 saturated heterocycles. The third-order valence-corrected chi connectivity index (χ3v) is 5.75. The van der Waals surface area contributed by atoms with Crippen LogP contribution in [0.4, 0.5) is 0 Å². The largest absolute Gasteiger partial charge is 0.507 e. The summed E-state index contributed by atoms with van der Waals surface area (Å²) in [5.74, 6) is 1.45. The van der Waals surface area contributed by atoms with Gasteiger partial charge in [0, 0.05) is 6.42 Å². The first-order valence-electron chi connectivity index (χ1n) is 10.9. The molecule has 2 heteroatoms. The fraction of sp³-hybridized carbons (Fsp3) is 0.556. The number of aromatic hydroxyl groups is 2. The Morgan fingerprint density at radius 2 is 0.931 bits per heavy atom. The third kappa shape index (κ3) is 5.15. The molecule has 160 valence electrons. The maximum atomic E-state index is 11.1. The zero-order chi connectivity index (χ0) is 22.3. The standard InChI is InChI=1S/C27H40O2/c1-16(2)18-11-20(24(28)22(14-18)26(5,6)7)13-21-12-19(17(3)4)15-23(25(21)29)27(8,9)10/h11-12,14-17,28-29H,13H2,1-10H3. The highest BCUT2D eigenvalue weighted by Crippen LogP contribution is 2.41. The second-order valence-electron chi connectivity index (χ2n) is 11.1. The maximum Gasteiger partial charge on any atom is 0.122 e. The van der Waals surface area contributed by atoms with Crippen LogP contribution in [0.25, 0.3) is 0 Å². The molecular weight excluding hydrogens is 356 g/mol. The van der Waals surface area contributed by atoms with E-state index in [0.717, 1.165) is 22.3 Å². The van der Waals surface area contributed by atoms with Crippen LogP contribution < -0.4 is 0 Å². The Morgan fingerprint density at radius 3 is 1.17 bits per heavy atom. The van der Waals surface area contributed by atoms with Crippen LogP contribution >= 0.6 is 0 Å². The quantitative estimate of drug-likeness (QED) is 0.560. The van der Waals surface area contributed by atoms with Gasteiger partial charge in [0.2, 0.25) is 0 Å². The lowest BCUT2D eigenvalue weighted by molar-refractivity contribution is 0.434. The molecule has 2 rings (SSSR count). The first-order chi connectivity index (χ1) is 13.1. The molecular formula is C27H40O2. The molecule has 0 saturated carbocycles. The Kier molecular flexibility index (Phi) is 6.47. The summed E-state index contributed by atoms with van der Waals surface area (Å²) in [6.45, 7) is 21.5. The van der Waals surface area contributed by atoms with Crippen molar-refractivity contribution in [2.45, 2.75) is 98.3 Å². The molecule has 0 radical (unpaired) electrons. The molecule has 0 amide bonds. The summed E-state index contributed by atoms with van der Waals surface area (Å²) in [5.41, 5.74) is 5.85. The summed E-state index contributed by atoms with van der Waals surface area (Å²) in [7, 11) is 0. The normalized spacial score (nSPS) is 12.8. The van der Waals surface area contributed by atoms with E-state index < -0.39 is 0 Å². The molecule has 0 spiro atoms. The Bertz CT molecular complexity index is 801. The molecule has 0 aromatic heterocycles. The molecule has 2 aromatic rings. The molecule has 0 heterocycles. The summed E-state index contributed by atoms with van der Waals surface area (Å²) >= 11 is 0. The van der Waals surface area contributed by atoms with Crippen molar-refractivity contribution in [1.82, 2.24) is 0 Å². The van der Waals surface area contributed by atoms with Gasteiger partial charge in [-0.05, 0) is 56.0 Å². The van der Waals surface area contributed by atoms with E-state index in [1.165, 1.54) is 11.1 Å². The first-order valence-corrected chi connectivity index (χ1v) is 10.9. The van der Waals surface area contributed by atoms with E-state index in [1.807, 2.05) is 0 Å². The Balaban J connectivity index is 2.70. The van der Waals surface area contributed by atoms with Crippen molar-refractivity contribution in [3.8, 4) is 11.5 Å². The van der Waals surface area contributed by atoms with Crippen LogP contribution in [0.1, 0.15) is 114 Å². The van der Waals surface area contributed by atoms with E-state index in [4.69, 9.17) is 0 Å². The van der Waals surface area contributed by atoms with E-state index in [0.29, 0.717) is 29.8 Å². The smallest absolute Gasteiger partial charge is 0.122 e. The van der Waals surface area contributed by atoms with Gasteiger partial charge in [-0.1, -0.05) is 93.5 Å². The van der Waals surface area contributed by atoms with Gasteiger partial charge in [0.15, 0.2) is 0 Å². The predicted molar refractivity (Wildman–Crippen MR) is 125 cm³/mol. The van der Waals surface area contributed by atoms with Crippen LogP contribution in [0.15, 0.2) is 24.3 Å². The van der Waals surface area contributed by atoms with E-state index in [1.54, 1.807) is 0 Å². The van der Waals surface area contributed by atoms with Gasteiger partial charge in [0.1, 0.15) is 11.5 Å². The minimum atomic E-state index is -0.151. The van der Waals surface area contributed by atoms with Crippen LogP contribution in [0.2, 0.25) is 0 Å². The number of hydrogen-bond acceptors (Lipinski definition) is 2. The summed E-state index contributed by atoms with van der Waals surface area (Å²) in [6.07, 6.45) is 0.519. The average molecular weight is 397 g/mol. The van der Waals surface area contributed by atoms with Gasteiger partial charge in [-0.15, -0.1) is 0 Å². The Hall–Kier alpha value is -1.96. The maximum absolute atomic E-state index is 11.1. The zero-order valence-corrected chi connectivity index (χ0v) is 20.1. The molecule has 0 aliphatic rings. The van der Waals surface area contributed by atoms with Gasteiger partial charge in [0.25, 0.3) is 0 Å².